The minimum absolute atomic E-state index is 0.462. The van der Waals surface area contributed by atoms with E-state index in [1.54, 1.807) is 14.0 Å². The highest BCUT2D eigenvalue weighted by molar-refractivity contribution is 6.10. The molecule has 1 aromatic carbocycles. The lowest BCUT2D eigenvalue weighted by molar-refractivity contribution is 0.581. The summed E-state index contributed by atoms with van der Waals surface area (Å²) in [6.07, 6.45) is 3.81. The van der Waals surface area contributed by atoms with Crippen LogP contribution in [0.3, 0.4) is 0 Å². The Balaban J connectivity index is 2.39. The monoisotopic (exact) mass is 323 g/mol. The van der Waals surface area contributed by atoms with E-state index in [0.717, 1.165) is 33.7 Å². The van der Waals surface area contributed by atoms with Crippen molar-refractivity contribution in [1.29, 1.82) is 0 Å². The van der Waals surface area contributed by atoms with Gasteiger partial charge in [0, 0.05) is 37.1 Å². The van der Waals surface area contributed by atoms with E-state index in [2.05, 4.69) is 21.9 Å². The summed E-state index contributed by atoms with van der Waals surface area (Å²) in [5.74, 6) is -0.462. The van der Waals surface area contributed by atoms with E-state index in [9.17, 15) is 4.39 Å². The maximum absolute atomic E-state index is 13.5. The van der Waals surface area contributed by atoms with Gasteiger partial charge in [0.25, 0.3) is 0 Å². The molecule has 1 heterocycles. The fraction of sp³-hybridized carbons (Fsp3) is 0.200. The predicted octanol–water partition coefficient (Wildman–Crippen LogP) is 4.21. The van der Waals surface area contributed by atoms with Crippen LogP contribution in [0.25, 0.3) is 11.1 Å². The van der Waals surface area contributed by atoms with E-state index in [1.807, 2.05) is 50.4 Å². The molecular formula is C20H22FN3. The number of allylic oxidation sites excluding steroid dienone is 2. The zero-order valence-electron chi connectivity index (χ0n) is 14.5. The zero-order chi connectivity index (χ0) is 17.7. The summed E-state index contributed by atoms with van der Waals surface area (Å²) in [7, 11) is 3.59. The average Bonchev–Trinajstić information content (AvgIpc) is 2.55. The summed E-state index contributed by atoms with van der Waals surface area (Å²) in [6, 6.07) is 9.35. The van der Waals surface area contributed by atoms with E-state index in [4.69, 9.17) is 0 Å². The van der Waals surface area contributed by atoms with Crippen LogP contribution in [0.2, 0.25) is 0 Å². The number of likely N-dealkylation sites (N-methyl/N-ethyl adjacent to an activating group) is 1. The van der Waals surface area contributed by atoms with Crippen molar-refractivity contribution in [2.24, 2.45) is 4.99 Å². The minimum Gasteiger partial charge on any atom is -0.389 e. The summed E-state index contributed by atoms with van der Waals surface area (Å²) < 4.78 is 13.5. The van der Waals surface area contributed by atoms with Crippen molar-refractivity contribution in [2.75, 3.05) is 14.1 Å². The van der Waals surface area contributed by atoms with Crippen LogP contribution in [0.1, 0.15) is 16.8 Å². The first-order valence-corrected chi connectivity index (χ1v) is 7.71. The first-order valence-electron chi connectivity index (χ1n) is 7.71. The van der Waals surface area contributed by atoms with E-state index >= 15 is 0 Å². The van der Waals surface area contributed by atoms with Crippen LogP contribution in [0.4, 0.5) is 4.39 Å². The van der Waals surface area contributed by atoms with E-state index < -0.39 is 5.95 Å². The molecule has 0 amide bonds. The highest BCUT2D eigenvalue weighted by Crippen LogP contribution is 2.24. The molecule has 0 spiro atoms. The predicted molar refractivity (Wildman–Crippen MR) is 98.9 cm³/mol. The second kappa shape index (κ2) is 7.68. The second-order valence-corrected chi connectivity index (χ2v) is 5.57. The number of hydrogen-bond acceptors (Lipinski definition) is 3. The quantitative estimate of drug-likeness (QED) is 0.508. The minimum atomic E-state index is -0.462. The molecule has 4 heteroatoms. The SMILES string of the molecule is C=C(/C=C\C(=NC)c1ccc(-c2cc(C)nc(F)c2)cc1C)NC. The van der Waals surface area contributed by atoms with E-state index in [-0.39, 0.29) is 0 Å². The van der Waals surface area contributed by atoms with Gasteiger partial charge in [-0.2, -0.15) is 4.39 Å². The molecule has 0 bridgehead atoms. The van der Waals surface area contributed by atoms with Crippen molar-refractivity contribution in [1.82, 2.24) is 10.3 Å². The van der Waals surface area contributed by atoms with Crippen LogP contribution < -0.4 is 5.32 Å². The third-order valence-corrected chi connectivity index (χ3v) is 3.76. The van der Waals surface area contributed by atoms with Gasteiger partial charge < -0.3 is 5.32 Å². The third-order valence-electron chi connectivity index (χ3n) is 3.76. The van der Waals surface area contributed by atoms with Gasteiger partial charge in [-0.15, -0.1) is 0 Å². The molecule has 0 atom stereocenters. The standard InChI is InChI=1S/C20H22FN3/c1-13-10-16(17-11-15(3)24-20(21)12-17)7-8-18(13)19(23-5)9-6-14(2)22-4/h6-12,22H,2H2,1,3-5H3/b9-6-,23-19?. The maximum Gasteiger partial charge on any atom is 0.213 e. The number of aromatic nitrogens is 1. The van der Waals surface area contributed by atoms with Crippen LogP contribution in [-0.2, 0) is 0 Å². The molecule has 0 saturated carbocycles. The van der Waals surface area contributed by atoms with Crippen molar-refractivity contribution in [3.63, 3.8) is 0 Å². The lowest BCUT2D eigenvalue weighted by Crippen LogP contribution is -2.04. The maximum atomic E-state index is 13.5. The molecule has 0 aliphatic heterocycles. The molecule has 0 saturated heterocycles. The number of aliphatic imine (C=N–C) groups is 1. The zero-order valence-corrected chi connectivity index (χ0v) is 14.5. The summed E-state index contributed by atoms with van der Waals surface area (Å²) in [5.41, 5.74) is 6.23. The Morgan fingerprint density at radius 1 is 1.17 bits per heavy atom. The van der Waals surface area contributed by atoms with Gasteiger partial charge in [-0.05, 0) is 48.8 Å². The molecule has 0 aliphatic rings. The number of benzene rings is 1. The molecule has 1 N–H and O–H groups in total. The largest absolute Gasteiger partial charge is 0.389 e. The topological polar surface area (TPSA) is 37.3 Å². The Hall–Kier alpha value is -2.75. The second-order valence-electron chi connectivity index (χ2n) is 5.57. The van der Waals surface area contributed by atoms with Gasteiger partial charge in [-0.25, -0.2) is 4.98 Å². The van der Waals surface area contributed by atoms with Crippen molar-refractivity contribution >= 4 is 5.71 Å². The van der Waals surface area contributed by atoms with Crippen LogP contribution >= 0.6 is 0 Å². The fourth-order valence-electron chi connectivity index (χ4n) is 2.47. The number of nitrogens with zero attached hydrogens (tertiary/aromatic N) is 2. The first kappa shape index (κ1) is 17.6. The number of hydrogen-bond donors (Lipinski definition) is 1. The molecule has 3 nitrogen and oxygen atoms in total. The normalized spacial score (nSPS) is 11.8. The molecule has 0 fully saturated rings. The van der Waals surface area contributed by atoms with Gasteiger partial charge >= 0.3 is 0 Å². The van der Waals surface area contributed by atoms with Crippen LogP contribution in [-0.4, -0.2) is 24.8 Å². The lowest BCUT2D eigenvalue weighted by atomic mass is 9.97. The van der Waals surface area contributed by atoms with Gasteiger partial charge in [-0.1, -0.05) is 24.8 Å². The smallest absolute Gasteiger partial charge is 0.213 e. The molecule has 0 unspecified atom stereocenters. The Kier molecular flexibility index (Phi) is 5.64. The summed E-state index contributed by atoms with van der Waals surface area (Å²) in [5, 5.41) is 2.97. The fourth-order valence-corrected chi connectivity index (χ4v) is 2.47. The Labute approximate surface area is 142 Å². The molecule has 0 aliphatic carbocycles. The number of halogens is 1. The van der Waals surface area contributed by atoms with Crippen LogP contribution in [0.5, 0.6) is 0 Å². The molecule has 0 radical (unpaired) electrons. The van der Waals surface area contributed by atoms with E-state index in [1.165, 1.54) is 6.07 Å². The Morgan fingerprint density at radius 2 is 1.92 bits per heavy atom. The molecule has 2 aromatic rings. The lowest BCUT2D eigenvalue weighted by Gasteiger charge is -2.10. The number of aryl methyl sites for hydroxylation is 2. The molecule has 124 valence electrons. The summed E-state index contributed by atoms with van der Waals surface area (Å²) in [4.78, 5) is 8.13. The average molecular weight is 323 g/mol. The van der Waals surface area contributed by atoms with Crippen molar-refractivity contribution in [3.8, 4) is 11.1 Å². The van der Waals surface area contributed by atoms with Gasteiger partial charge in [-0.3, -0.25) is 4.99 Å². The van der Waals surface area contributed by atoms with Gasteiger partial charge in [0.2, 0.25) is 5.95 Å². The van der Waals surface area contributed by atoms with E-state index in [0.29, 0.717) is 5.69 Å². The Bertz CT molecular complexity index is 799. The number of nitrogens with one attached hydrogen (secondary N) is 1. The third kappa shape index (κ3) is 4.16. The van der Waals surface area contributed by atoms with Crippen molar-refractivity contribution in [2.45, 2.75) is 13.8 Å². The van der Waals surface area contributed by atoms with Gasteiger partial charge in [0.1, 0.15) is 0 Å². The van der Waals surface area contributed by atoms with Crippen LogP contribution in [0.15, 0.2) is 59.8 Å². The highest BCUT2D eigenvalue weighted by Gasteiger charge is 2.08. The van der Waals surface area contributed by atoms with Gasteiger partial charge in [0.05, 0.1) is 5.71 Å². The number of rotatable bonds is 5. The Morgan fingerprint density at radius 3 is 2.50 bits per heavy atom. The van der Waals surface area contributed by atoms with Crippen LogP contribution in [0, 0.1) is 19.8 Å². The summed E-state index contributed by atoms with van der Waals surface area (Å²) in [6.45, 7) is 7.68. The highest BCUT2D eigenvalue weighted by atomic mass is 19.1. The molecule has 2 rings (SSSR count). The van der Waals surface area contributed by atoms with Gasteiger partial charge in [0.15, 0.2) is 0 Å². The summed E-state index contributed by atoms with van der Waals surface area (Å²) >= 11 is 0. The molecular weight excluding hydrogens is 301 g/mol. The number of pyridine rings is 1. The molecule has 1 aromatic heterocycles. The van der Waals surface area contributed by atoms with Crippen molar-refractivity contribution in [3.05, 3.63) is 77.5 Å². The first-order chi connectivity index (χ1) is 11.4. The van der Waals surface area contributed by atoms with Crippen molar-refractivity contribution < 1.29 is 4.39 Å². The molecule has 24 heavy (non-hydrogen) atoms.